The quantitative estimate of drug-likeness (QED) is 0.692. The van der Waals surface area contributed by atoms with E-state index < -0.39 is 6.10 Å². The van der Waals surface area contributed by atoms with Gasteiger partial charge in [0.1, 0.15) is 11.9 Å². The summed E-state index contributed by atoms with van der Waals surface area (Å²) in [5.41, 5.74) is 0.953. The van der Waals surface area contributed by atoms with Crippen molar-refractivity contribution in [1.82, 2.24) is 5.32 Å². The summed E-state index contributed by atoms with van der Waals surface area (Å²) in [7, 11) is 1.61. The minimum atomic E-state index is -0.523. The molecule has 0 saturated carbocycles. The Morgan fingerprint density at radius 3 is 2.95 bits per heavy atom. The molecule has 1 rings (SSSR count). The first-order chi connectivity index (χ1) is 9.17. The Hall–Kier alpha value is -1.59. The molecular weight excluding hydrogens is 246 g/mol. The van der Waals surface area contributed by atoms with Crippen LogP contribution in [0.5, 0.6) is 5.75 Å². The molecule has 0 aliphatic heterocycles. The number of carbonyl (C=O) groups is 1. The molecule has 0 fully saturated rings. The predicted octanol–water partition coefficient (Wildman–Crippen LogP) is 1.10. The molecule has 1 unspecified atom stereocenters. The van der Waals surface area contributed by atoms with Crippen molar-refractivity contribution in [2.75, 3.05) is 20.3 Å². The number of ether oxygens (including phenoxy) is 2. The van der Waals surface area contributed by atoms with Crippen LogP contribution in [-0.4, -0.2) is 37.4 Å². The van der Waals surface area contributed by atoms with Crippen LogP contribution in [0.4, 0.5) is 0 Å². The monoisotopic (exact) mass is 267 g/mol. The zero-order valence-electron chi connectivity index (χ0n) is 11.4. The number of hydrogen-bond donors (Lipinski definition) is 2. The van der Waals surface area contributed by atoms with E-state index in [-0.39, 0.29) is 12.5 Å². The first-order valence-corrected chi connectivity index (χ1v) is 6.30. The summed E-state index contributed by atoms with van der Waals surface area (Å²) >= 11 is 0. The van der Waals surface area contributed by atoms with Crippen molar-refractivity contribution in [2.45, 2.75) is 26.1 Å². The molecule has 1 aromatic rings. The molecule has 1 atom stereocenters. The van der Waals surface area contributed by atoms with Crippen molar-refractivity contribution in [3.05, 3.63) is 29.8 Å². The summed E-state index contributed by atoms with van der Waals surface area (Å²) in [5.74, 6) is 0.595. The Morgan fingerprint density at radius 2 is 2.26 bits per heavy atom. The van der Waals surface area contributed by atoms with Gasteiger partial charge in [-0.1, -0.05) is 12.1 Å². The van der Waals surface area contributed by atoms with E-state index in [1.807, 2.05) is 24.3 Å². The van der Waals surface area contributed by atoms with Gasteiger partial charge in [-0.2, -0.15) is 0 Å². The second kappa shape index (κ2) is 8.50. The maximum absolute atomic E-state index is 11.6. The minimum absolute atomic E-state index is 0.0688. The van der Waals surface area contributed by atoms with Crippen molar-refractivity contribution >= 4 is 5.91 Å². The zero-order valence-corrected chi connectivity index (χ0v) is 11.4. The summed E-state index contributed by atoms with van der Waals surface area (Å²) in [6, 6.07) is 7.52. The van der Waals surface area contributed by atoms with E-state index in [0.717, 1.165) is 11.3 Å². The van der Waals surface area contributed by atoms with Gasteiger partial charge in [0.05, 0.1) is 13.7 Å². The van der Waals surface area contributed by atoms with Crippen molar-refractivity contribution in [3.8, 4) is 5.75 Å². The molecule has 0 aromatic heterocycles. The summed E-state index contributed by atoms with van der Waals surface area (Å²) in [6.07, 6.45) is 0.0267. The van der Waals surface area contributed by atoms with E-state index in [1.54, 1.807) is 14.0 Å². The molecule has 0 aliphatic carbocycles. The highest BCUT2D eigenvalue weighted by molar-refractivity contribution is 5.80. The molecule has 5 heteroatoms. The van der Waals surface area contributed by atoms with Gasteiger partial charge in [0.25, 0.3) is 0 Å². The predicted molar refractivity (Wildman–Crippen MR) is 72.0 cm³/mol. The fourth-order valence-corrected chi connectivity index (χ4v) is 1.49. The van der Waals surface area contributed by atoms with Crippen LogP contribution in [0.25, 0.3) is 0 Å². The summed E-state index contributed by atoms with van der Waals surface area (Å²) in [4.78, 5) is 11.6. The van der Waals surface area contributed by atoms with Crippen LogP contribution < -0.4 is 10.1 Å². The van der Waals surface area contributed by atoms with Crippen LogP contribution in [0.2, 0.25) is 0 Å². The molecule has 19 heavy (non-hydrogen) atoms. The molecule has 0 bridgehead atoms. The van der Waals surface area contributed by atoms with Crippen molar-refractivity contribution in [2.24, 2.45) is 0 Å². The van der Waals surface area contributed by atoms with Crippen LogP contribution in [0.15, 0.2) is 24.3 Å². The van der Waals surface area contributed by atoms with E-state index in [2.05, 4.69) is 5.32 Å². The lowest BCUT2D eigenvalue weighted by Gasteiger charge is -2.13. The van der Waals surface area contributed by atoms with Gasteiger partial charge in [-0.3, -0.25) is 4.79 Å². The topological polar surface area (TPSA) is 67.8 Å². The number of nitrogens with one attached hydrogen (secondary N) is 1. The Bertz CT molecular complexity index is 395. The normalized spacial score (nSPS) is 11.9. The third-order valence-electron chi connectivity index (χ3n) is 2.64. The number of amides is 1. The van der Waals surface area contributed by atoms with E-state index in [0.29, 0.717) is 19.6 Å². The van der Waals surface area contributed by atoms with Gasteiger partial charge >= 0.3 is 0 Å². The average molecular weight is 267 g/mol. The third kappa shape index (κ3) is 5.72. The first-order valence-electron chi connectivity index (χ1n) is 6.30. The van der Waals surface area contributed by atoms with Crippen LogP contribution in [0, 0.1) is 0 Å². The Kier molecular flexibility index (Phi) is 6.92. The second-order valence-corrected chi connectivity index (χ2v) is 4.17. The van der Waals surface area contributed by atoms with E-state index in [9.17, 15) is 4.79 Å². The highest BCUT2D eigenvalue weighted by atomic mass is 16.5. The number of rotatable bonds is 8. The van der Waals surface area contributed by atoms with Gasteiger partial charge in [0.2, 0.25) is 5.91 Å². The third-order valence-corrected chi connectivity index (χ3v) is 2.64. The minimum Gasteiger partial charge on any atom is -0.497 e. The molecule has 0 heterocycles. The molecule has 1 aromatic carbocycles. The largest absolute Gasteiger partial charge is 0.497 e. The Balaban J connectivity index is 2.36. The highest BCUT2D eigenvalue weighted by Gasteiger charge is 2.12. The van der Waals surface area contributed by atoms with E-state index in [1.165, 1.54) is 0 Å². The molecule has 0 saturated heterocycles. The lowest BCUT2D eigenvalue weighted by Crippen LogP contribution is -2.35. The molecule has 0 aliphatic rings. The highest BCUT2D eigenvalue weighted by Crippen LogP contribution is 2.13. The Morgan fingerprint density at radius 1 is 1.47 bits per heavy atom. The van der Waals surface area contributed by atoms with Crippen LogP contribution in [0.1, 0.15) is 18.9 Å². The lowest BCUT2D eigenvalue weighted by atomic mass is 10.2. The SMILES string of the molecule is COc1cccc(COC(C)C(=O)NCCCO)c1. The summed E-state index contributed by atoms with van der Waals surface area (Å²) < 4.78 is 10.6. The van der Waals surface area contributed by atoms with Gasteiger partial charge < -0.3 is 19.9 Å². The molecule has 1 amide bonds. The van der Waals surface area contributed by atoms with Gasteiger partial charge in [-0.15, -0.1) is 0 Å². The van der Waals surface area contributed by atoms with Gasteiger partial charge in [-0.05, 0) is 31.0 Å². The molecule has 106 valence electrons. The smallest absolute Gasteiger partial charge is 0.248 e. The zero-order chi connectivity index (χ0) is 14.1. The van der Waals surface area contributed by atoms with Crippen molar-refractivity contribution in [3.63, 3.8) is 0 Å². The maximum atomic E-state index is 11.6. The summed E-state index contributed by atoms with van der Waals surface area (Å²) in [5, 5.41) is 11.3. The van der Waals surface area contributed by atoms with Crippen LogP contribution in [-0.2, 0) is 16.1 Å². The van der Waals surface area contributed by atoms with Gasteiger partial charge in [-0.25, -0.2) is 0 Å². The molecule has 0 spiro atoms. The fourth-order valence-electron chi connectivity index (χ4n) is 1.49. The first kappa shape index (κ1) is 15.5. The maximum Gasteiger partial charge on any atom is 0.248 e. The van der Waals surface area contributed by atoms with Crippen molar-refractivity contribution < 1.29 is 19.4 Å². The molecular formula is C14H21NO4. The molecule has 2 N–H and O–H groups in total. The van der Waals surface area contributed by atoms with Crippen LogP contribution >= 0.6 is 0 Å². The number of hydrogen-bond acceptors (Lipinski definition) is 4. The summed E-state index contributed by atoms with van der Waals surface area (Å²) in [6.45, 7) is 2.59. The average Bonchev–Trinajstić information content (AvgIpc) is 2.45. The Labute approximate surface area is 113 Å². The number of methoxy groups -OCH3 is 1. The second-order valence-electron chi connectivity index (χ2n) is 4.17. The lowest BCUT2D eigenvalue weighted by molar-refractivity contribution is -0.132. The van der Waals surface area contributed by atoms with Gasteiger partial charge in [0, 0.05) is 13.2 Å². The van der Waals surface area contributed by atoms with E-state index >= 15 is 0 Å². The number of carbonyl (C=O) groups excluding carboxylic acids is 1. The van der Waals surface area contributed by atoms with E-state index in [4.69, 9.17) is 14.6 Å². The number of benzene rings is 1. The number of aliphatic hydroxyl groups is 1. The number of aliphatic hydroxyl groups excluding tert-OH is 1. The fraction of sp³-hybridized carbons (Fsp3) is 0.500. The van der Waals surface area contributed by atoms with Crippen molar-refractivity contribution in [1.29, 1.82) is 0 Å². The van der Waals surface area contributed by atoms with Crippen LogP contribution in [0.3, 0.4) is 0 Å². The van der Waals surface area contributed by atoms with Gasteiger partial charge in [0.15, 0.2) is 0 Å². The molecule has 5 nitrogen and oxygen atoms in total. The molecule has 0 radical (unpaired) electrons. The standard InChI is InChI=1S/C14H21NO4/c1-11(14(17)15-7-4-8-16)19-10-12-5-3-6-13(9-12)18-2/h3,5-6,9,11,16H,4,7-8,10H2,1-2H3,(H,15,17).